The van der Waals surface area contributed by atoms with E-state index in [2.05, 4.69) is 0 Å². The third-order valence-corrected chi connectivity index (χ3v) is 1.50. The van der Waals surface area contributed by atoms with E-state index < -0.39 is 12.6 Å². The summed E-state index contributed by atoms with van der Waals surface area (Å²) in [6.45, 7) is 0. The molecule has 0 amide bonds. The van der Waals surface area contributed by atoms with Crippen LogP contribution in [0.15, 0.2) is 0 Å². The molecule has 0 heterocycles. The van der Waals surface area contributed by atoms with E-state index in [0.29, 0.717) is 0 Å². The van der Waals surface area contributed by atoms with Crippen molar-refractivity contribution in [1.82, 2.24) is 0 Å². The molecule has 0 fully saturated rings. The number of rotatable bonds is 1. The minimum atomic E-state index is -2.38. The SMILES string of the molecule is O=[P+](O)C(Cl)Cl. The number of alkyl halides is 2. The molecule has 0 aromatic heterocycles. The molecule has 5 heteroatoms. The molecule has 0 saturated carbocycles. The summed E-state index contributed by atoms with van der Waals surface area (Å²) in [5.74, 6) is 0. The van der Waals surface area contributed by atoms with E-state index in [9.17, 15) is 4.57 Å². The van der Waals surface area contributed by atoms with Crippen LogP contribution < -0.4 is 0 Å². The minimum absolute atomic E-state index is 1.14. The fourth-order valence-electron chi connectivity index (χ4n) is 0. The third-order valence-electron chi connectivity index (χ3n) is 0.167. The lowest BCUT2D eigenvalue weighted by Gasteiger charge is -1.68. The maximum absolute atomic E-state index is 9.58. The Labute approximate surface area is 45.9 Å². The van der Waals surface area contributed by atoms with E-state index in [1.807, 2.05) is 0 Å². The molecule has 36 valence electrons. The molecule has 0 rings (SSSR count). The first-order valence-corrected chi connectivity index (χ1v) is 3.23. The average molecular weight is 148 g/mol. The van der Waals surface area contributed by atoms with Crippen LogP contribution in [-0.2, 0) is 4.57 Å². The van der Waals surface area contributed by atoms with Crippen LogP contribution in [0.2, 0.25) is 0 Å². The van der Waals surface area contributed by atoms with Gasteiger partial charge in [0.15, 0.2) is 0 Å². The molecule has 1 N–H and O–H groups in total. The van der Waals surface area contributed by atoms with Gasteiger partial charge < -0.3 is 0 Å². The van der Waals surface area contributed by atoms with E-state index in [0.717, 1.165) is 0 Å². The van der Waals surface area contributed by atoms with Crippen molar-refractivity contribution in [2.24, 2.45) is 0 Å². The molecular weight excluding hydrogens is 146 g/mol. The molecular formula is CH2Cl2O2P+. The molecule has 0 saturated heterocycles. The van der Waals surface area contributed by atoms with E-state index in [1.165, 1.54) is 0 Å². The lowest BCUT2D eigenvalue weighted by atomic mass is 11.9. The van der Waals surface area contributed by atoms with Gasteiger partial charge in [0.05, 0.1) is 0 Å². The summed E-state index contributed by atoms with van der Waals surface area (Å²) in [5, 5.41) is 0. The molecule has 6 heavy (non-hydrogen) atoms. The monoisotopic (exact) mass is 147 g/mol. The summed E-state index contributed by atoms with van der Waals surface area (Å²) >= 11 is 9.69. The molecule has 0 aromatic carbocycles. The number of halogens is 2. The van der Waals surface area contributed by atoms with Gasteiger partial charge in [0.25, 0.3) is 0 Å². The highest BCUT2D eigenvalue weighted by molar-refractivity contribution is 7.44. The Morgan fingerprint density at radius 1 is 1.67 bits per heavy atom. The zero-order valence-electron chi connectivity index (χ0n) is 2.64. The predicted molar refractivity (Wildman–Crippen MR) is 25.3 cm³/mol. The maximum atomic E-state index is 9.58. The van der Waals surface area contributed by atoms with Crippen LogP contribution in [0.3, 0.4) is 0 Å². The Bertz CT molecular complexity index is 62.6. The summed E-state index contributed by atoms with van der Waals surface area (Å²) in [6.07, 6.45) is 0. The number of hydrogen-bond acceptors (Lipinski definition) is 1. The van der Waals surface area contributed by atoms with Gasteiger partial charge in [0.2, 0.25) is 0 Å². The second kappa shape index (κ2) is 2.75. The van der Waals surface area contributed by atoms with Crippen LogP contribution in [0.5, 0.6) is 0 Å². The molecule has 0 radical (unpaired) electrons. The van der Waals surface area contributed by atoms with Crippen LogP contribution in [-0.4, -0.2) is 9.47 Å². The second-order valence-corrected chi connectivity index (χ2v) is 3.41. The molecule has 0 aromatic rings. The Hall–Kier alpha value is 0.640. The first-order chi connectivity index (χ1) is 2.64. The standard InChI is InChI=1S/CHCl2O2P/c2-1(3)6(4)5/h1H/p+1. The predicted octanol–water partition coefficient (Wildman–Crippen LogP) is 1.48. The van der Waals surface area contributed by atoms with Gasteiger partial charge in [-0.25, -0.2) is 0 Å². The van der Waals surface area contributed by atoms with E-state index >= 15 is 0 Å². The van der Waals surface area contributed by atoms with Gasteiger partial charge in [0, 0.05) is 0 Å². The lowest BCUT2D eigenvalue weighted by Crippen LogP contribution is -1.70. The zero-order valence-corrected chi connectivity index (χ0v) is 5.04. The van der Waals surface area contributed by atoms with Gasteiger partial charge in [-0.2, -0.15) is 4.89 Å². The van der Waals surface area contributed by atoms with Crippen molar-refractivity contribution in [1.29, 1.82) is 0 Å². The molecule has 1 atom stereocenters. The summed E-state index contributed by atoms with van der Waals surface area (Å²) in [6, 6.07) is 0. The van der Waals surface area contributed by atoms with Gasteiger partial charge in [-0.05, 0) is 27.8 Å². The highest BCUT2D eigenvalue weighted by Gasteiger charge is 2.21. The van der Waals surface area contributed by atoms with Gasteiger partial charge in [-0.15, -0.1) is 0 Å². The van der Waals surface area contributed by atoms with Crippen molar-refractivity contribution in [2.45, 2.75) is 4.58 Å². The van der Waals surface area contributed by atoms with E-state index in [1.54, 1.807) is 0 Å². The highest BCUT2D eigenvalue weighted by atomic mass is 35.5. The van der Waals surface area contributed by atoms with Crippen molar-refractivity contribution in [3.63, 3.8) is 0 Å². The van der Waals surface area contributed by atoms with Crippen molar-refractivity contribution < 1.29 is 9.46 Å². The van der Waals surface area contributed by atoms with Crippen LogP contribution in [0.4, 0.5) is 0 Å². The summed E-state index contributed by atoms with van der Waals surface area (Å²) in [4.78, 5) is 7.88. The lowest BCUT2D eigenvalue weighted by molar-refractivity contribution is 0.505. The quantitative estimate of drug-likeness (QED) is 0.451. The fraction of sp³-hybridized carbons (Fsp3) is 1.00. The molecule has 0 spiro atoms. The Morgan fingerprint density at radius 3 is 1.83 bits per heavy atom. The van der Waals surface area contributed by atoms with Gasteiger partial charge in [0.1, 0.15) is 0 Å². The Kier molecular flexibility index (Phi) is 3.05. The molecule has 0 aliphatic heterocycles. The summed E-state index contributed by atoms with van der Waals surface area (Å²) < 4.78 is 8.44. The first kappa shape index (κ1) is 6.64. The van der Waals surface area contributed by atoms with Crippen LogP contribution in [0.1, 0.15) is 0 Å². The van der Waals surface area contributed by atoms with Crippen molar-refractivity contribution in [3.05, 3.63) is 0 Å². The van der Waals surface area contributed by atoms with Crippen LogP contribution in [0.25, 0.3) is 0 Å². The summed E-state index contributed by atoms with van der Waals surface area (Å²) in [7, 11) is -2.38. The fourth-order valence-corrected chi connectivity index (χ4v) is 0. The maximum Gasteiger partial charge on any atom is 0.541 e. The molecule has 0 aliphatic carbocycles. The second-order valence-electron chi connectivity index (χ2n) is 0.580. The Morgan fingerprint density at radius 2 is 1.83 bits per heavy atom. The van der Waals surface area contributed by atoms with Crippen molar-refractivity contribution in [2.75, 3.05) is 0 Å². The molecule has 0 bridgehead atoms. The first-order valence-electron chi connectivity index (χ1n) is 1.08. The van der Waals surface area contributed by atoms with Crippen LogP contribution in [0, 0.1) is 0 Å². The van der Waals surface area contributed by atoms with E-state index in [-0.39, 0.29) is 0 Å². The zero-order chi connectivity index (χ0) is 5.15. The topological polar surface area (TPSA) is 37.3 Å². The Balaban J connectivity index is 3.26. The number of hydrogen-bond donors (Lipinski definition) is 1. The highest BCUT2D eigenvalue weighted by Crippen LogP contribution is 2.28. The van der Waals surface area contributed by atoms with Gasteiger partial charge >= 0.3 is 12.6 Å². The van der Waals surface area contributed by atoms with Crippen LogP contribution >= 0.6 is 31.2 Å². The largest absolute Gasteiger partial charge is 0.541 e. The smallest absolute Gasteiger partial charge is 0.159 e. The minimum Gasteiger partial charge on any atom is -0.159 e. The normalized spacial score (nSPS) is 12.3. The third kappa shape index (κ3) is 2.86. The van der Waals surface area contributed by atoms with Gasteiger partial charge in [-0.1, -0.05) is 0 Å². The molecule has 2 nitrogen and oxygen atoms in total. The molecule has 1 unspecified atom stereocenters. The average Bonchev–Trinajstić information content (AvgIpc) is 1.36. The van der Waals surface area contributed by atoms with Crippen molar-refractivity contribution in [3.8, 4) is 0 Å². The molecule has 0 aliphatic rings. The van der Waals surface area contributed by atoms with E-state index in [4.69, 9.17) is 28.1 Å². The summed E-state index contributed by atoms with van der Waals surface area (Å²) in [5.41, 5.74) is 0. The van der Waals surface area contributed by atoms with Crippen molar-refractivity contribution >= 4 is 31.2 Å². The van der Waals surface area contributed by atoms with Gasteiger partial charge in [-0.3, -0.25) is 0 Å².